The highest BCUT2D eigenvalue weighted by Gasteiger charge is 2.45. The summed E-state index contributed by atoms with van der Waals surface area (Å²) >= 11 is 0. The Morgan fingerprint density at radius 2 is 1.70 bits per heavy atom. The first-order chi connectivity index (χ1) is 14.7. The predicted octanol–water partition coefficient (Wildman–Crippen LogP) is 4.33. The van der Waals surface area contributed by atoms with Gasteiger partial charge < -0.3 is 9.47 Å². The number of nitrogens with zero attached hydrogens (tertiary/aromatic N) is 4. The lowest BCUT2D eigenvalue weighted by atomic mass is 10.1. The zero-order chi connectivity index (χ0) is 20.5. The molecule has 30 heavy (non-hydrogen) atoms. The van der Waals surface area contributed by atoms with Crippen LogP contribution in [0.5, 0.6) is 5.75 Å². The van der Waals surface area contributed by atoms with Crippen molar-refractivity contribution in [2.75, 3.05) is 7.11 Å². The molecule has 5 rings (SSSR count). The van der Waals surface area contributed by atoms with Gasteiger partial charge in [-0.2, -0.15) is 0 Å². The zero-order valence-corrected chi connectivity index (χ0v) is 16.4. The molecule has 4 aromatic rings. The fourth-order valence-corrected chi connectivity index (χ4v) is 3.82. The van der Waals surface area contributed by atoms with Gasteiger partial charge in [0.1, 0.15) is 11.3 Å². The summed E-state index contributed by atoms with van der Waals surface area (Å²) < 4.78 is 12.9. The summed E-state index contributed by atoms with van der Waals surface area (Å²) in [6.45, 7) is 0.408. The zero-order valence-electron chi connectivity index (χ0n) is 16.4. The first-order valence-electron chi connectivity index (χ1n) is 9.69. The third kappa shape index (κ3) is 3.14. The van der Waals surface area contributed by atoms with Crippen LogP contribution in [-0.2, 0) is 11.3 Å². The Hall–Kier alpha value is -3.87. The second-order valence-electron chi connectivity index (χ2n) is 7.13. The summed E-state index contributed by atoms with van der Waals surface area (Å²) in [4.78, 5) is 14.6. The summed E-state index contributed by atoms with van der Waals surface area (Å²) in [7, 11) is 1.62. The molecule has 0 spiro atoms. The van der Waals surface area contributed by atoms with Crippen molar-refractivity contribution in [1.82, 2.24) is 19.9 Å². The Morgan fingerprint density at radius 1 is 0.967 bits per heavy atom. The Kier molecular flexibility index (Phi) is 4.55. The molecule has 1 aliphatic rings. The number of aromatic nitrogens is 3. The van der Waals surface area contributed by atoms with Crippen molar-refractivity contribution in [3.8, 4) is 5.75 Å². The third-order valence-corrected chi connectivity index (χ3v) is 5.32. The quantitative estimate of drug-likeness (QED) is 0.499. The molecule has 2 unspecified atom stereocenters. The monoisotopic (exact) mass is 400 g/mol. The molecule has 2 atom stereocenters. The molecule has 1 saturated heterocycles. The summed E-state index contributed by atoms with van der Waals surface area (Å²) in [5.74, 6) is 0.743. The maximum absolute atomic E-state index is 12.9. The van der Waals surface area contributed by atoms with E-state index in [1.54, 1.807) is 16.7 Å². The highest BCUT2D eigenvalue weighted by Crippen LogP contribution is 2.41. The van der Waals surface area contributed by atoms with Crippen LogP contribution in [0.1, 0.15) is 23.4 Å². The molecule has 1 fully saturated rings. The van der Waals surface area contributed by atoms with E-state index in [4.69, 9.17) is 9.47 Å². The van der Waals surface area contributed by atoms with Crippen molar-refractivity contribution in [1.29, 1.82) is 0 Å². The highest BCUT2D eigenvalue weighted by molar-refractivity contribution is 5.75. The molecule has 0 aliphatic carbocycles. The molecule has 150 valence electrons. The van der Waals surface area contributed by atoms with Gasteiger partial charge in [0, 0.05) is 0 Å². The van der Waals surface area contributed by atoms with Gasteiger partial charge >= 0.3 is 6.09 Å². The second-order valence-corrected chi connectivity index (χ2v) is 7.13. The van der Waals surface area contributed by atoms with Gasteiger partial charge in [-0.3, -0.25) is 4.90 Å². The molecule has 1 aliphatic heterocycles. The molecule has 2 heterocycles. The third-order valence-electron chi connectivity index (χ3n) is 5.32. The van der Waals surface area contributed by atoms with E-state index < -0.39 is 12.3 Å². The van der Waals surface area contributed by atoms with Crippen molar-refractivity contribution < 1.29 is 14.3 Å². The number of fused-ring (bicyclic) bond motifs is 1. The highest BCUT2D eigenvalue weighted by atomic mass is 16.6. The largest absolute Gasteiger partial charge is 0.497 e. The Morgan fingerprint density at radius 3 is 2.47 bits per heavy atom. The minimum atomic E-state index is -0.530. The van der Waals surface area contributed by atoms with Crippen LogP contribution in [-0.4, -0.2) is 33.1 Å². The SMILES string of the molecule is COc1ccc(C2OC(=O)N(Cc3ccccc3)C2n2nnc3ccccc32)cc1. The van der Waals surface area contributed by atoms with Crippen LogP contribution in [0.4, 0.5) is 4.79 Å². The lowest BCUT2D eigenvalue weighted by Crippen LogP contribution is -2.32. The maximum atomic E-state index is 12.9. The maximum Gasteiger partial charge on any atom is 0.412 e. The minimum Gasteiger partial charge on any atom is -0.497 e. The number of amides is 1. The van der Waals surface area contributed by atoms with E-state index in [9.17, 15) is 4.79 Å². The number of hydrogen-bond donors (Lipinski definition) is 0. The second kappa shape index (κ2) is 7.51. The molecule has 0 radical (unpaired) electrons. The summed E-state index contributed by atoms with van der Waals surface area (Å²) in [5, 5.41) is 8.67. The number of ether oxygens (including phenoxy) is 2. The molecule has 1 amide bonds. The summed E-state index contributed by atoms with van der Waals surface area (Å²) in [6.07, 6.45) is -1.39. The lowest BCUT2D eigenvalue weighted by Gasteiger charge is -2.25. The van der Waals surface area contributed by atoms with Crippen LogP contribution in [0.2, 0.25) is 0 Å². The number of cyclic esters (lactones) is 1. The van der Waals surface area contributed by atoms with E-state index in [1.165, 1.54) is 0 Å². The standard InChI is InChI=1S/C23H20N4O3/c1-29-18-13-11-17(12-14-18)21-22(27-20-10-6-5-9-19(20)24-25-27)26(23(28)30-21)15-16-7-3-2-4-8-16/h2-14,21-22H,15H2,1H3. The number of carbonyl (C=O) groups is 1. The lowest BCUT2D eigenvalue weighted by molar-refractivity contribution is 0.119. The first-order valence-corrected chi connectivity index (χ1v) is 9.69. The van der Waals surface area contributed by atoms with Crippen molar-refractivity contribution in [3.05, 3.63) is 90.0 Å². The predicted molar refractivity (Wildman–Crippen MR) is 111 cm³/mol. The molecule has 0 N–H and O–H groups in total. The van der Waals surface area contributed by atoms with E-state index in [2.05, 4.69) is 10.3 Å². The van der Waals surface area contributed by atoms with Gasteiger partial charge in [0.15, 0.2) is 12.3 Å². The molecular formula is C23H20N4O3. The van der Waals surface area contributed by atoms with Crippen LogP contribution in [0.3, 0.4) is 0 Å². The van der Waals surface area contributed by atoms with Gasteiger partial charge in [0.05, 0.1) is 19.2 Å². The van der Waals surface area contributed by atoms with E-state index in [0.29, 0.717) is 6.54 Å². The van der Waals surface area contributed by atoms with Gasteiger partial charge in [0.2, 0.25) is 0 Å². The fraction of sp³-hybridized carbons (Fsp3) is 0.174. The molecular weight excluding hydrogens is 380 g/mol. The number of carbonyl (C=O) groups excluding carboxylic acids is 1. The van der Waals surface area contributed by atoms with Gasteiger partial charge in [0.25, 0.3) is 0 Å². The van der Waals surface area contributed by atoms with Crippen LogP contribution in [0.25, 0.3) is 11.0 Å². The average molecular weight is 400 g/mol. The number of methoxy groups -OCH3 is 1. The Labute approximate surface area is 173 Å². The van der Waals surface area contributed by atoms with Gasteiger partial charge in [-0.1, -0.05) is 59.8 Å². The number of para-hydroxylation sites is 1. The molecule has 1 aromatic heterocycles. The topological polar surface area (TPSA) is 69.5 Å². The van der Waals surface area contributed by atoms with Crippen LogP contribution < -0.4 is 4.74 Å². The molecule has 3 aromatic carbocycles. The van der Waals surface area contributed by atoms with Crippen molar-refractivity contribution in [2.24, 2.45) is 0 Å². The molecule has 7 heteroatoms. The van der Waals surface area contributed by atoms with Crippen molar-refractivity contribution >= 4 is 17.1 Å². The average Bonchev–Trinajstić information content (AvgIpc) is 3.35. The number of hydrogen-bond acceptors (Lipinski definition) is 5. The van der Waals surface area contributed by atoms with Crippen LogP contribution in [0.15, 0.2) is 78.9 Å². The number of rotatable bonds is 5. The van der Waals surface area contributed by atoms with Gasteiger partial charge in [-0.05, 0) is 35.4 Å². The van der Waals surface area contributed by atoms with Crippen molar-refractivity contribution in [3.63, 3.8) is 0 Å². The van der Waals surface area contributed by atoms with E-state index in [1.807, 2.05) is 78.9 Å². The first kappa shape index (κ1) is 18.2. The molecule has 7 nitrogen and oxygen atoms in total. The van der Waals surface area contributed by atoms with Crippen molar-refractivity contribution in [2.45, 2.75) is 18.8 Å². The van der Waals surface area contributed by atoms with Gasteiger partial charge in [-0.25, -0.2) is 9.48 Å². The summed E-state index contributed by atoms with van der Waals surface area (Å²) in [6, 6.07) is 25.1. The fourth-order valence-electron chi connectivity index (χ4n) is 3.82. The molecule has 0 saturated carbocycles. The normalized spacial score (nSPS) is 18.6. The van der Waals surface area contributed by atoms with E-state index in [0.717, 1.165) is 27.9 Å². The summed E-state index contributed by atoms with van der Waals surface area (Å²) in [5.41, 5.74) is 3.49. The van der Waals surface area contributed by atoms with Gasteiger partial charge in [-0.15, -0.1) is 5.10 Å². The van der Waals surface area contributed by atoms with Crippen LogP contribution in [0, 0.1) is 0 Å². The smallest absolute Gasteiger partial charge is 0.412 e. The Bertz CT molecular complexity index is 1170. The Balaban J connectivity index is 1.60. The van der Waals surface area contributed by atoms with E-state index in [-0.39, 0.29) is 6.09 Å². The minimum absolute atomic E-state index is 0.385. The number of benzene rings is 3. The van der Waals surface area contributed by atoms with Crippen LogP contribution >= 0.6 is 0 Å². The van der Waals surface area contributed by atoms with E-state index >= 15 is 0 Å². The molecule has 0 bridgehead atoms.